The molecule has 0 aliphatic heterocycles. The first-order valence-electron chi connectivity index (χ1n) is 18.0. The van der Waals surface area contributed by atoms with Crippen LogP contribution in [0.25, 0.3) is 64.3 Å². The number of hydrogen-bond donors (Lipinski definition) is 0. The number of amidine groups is 1. The highest BCUT2D eigenvalue weighted by Gasteiger charge is 2.18. The lowest BCUT2D eigenvalue weighted by molar-refractivity contribution is 1.06. The highest BCUT2D eigenvalue weighted by molar-refractivity contribution is 7.26. The van der Waals surface area contributed by atoms with Gasteiger partial charge in [-0.3, -0.25) is 4.99 Å². The maximum Gasteiger partial charge on any atom is 0.155 e. The van der Waals surface area contributed by atoms with Crippen LogP contribution in [0, 0.1) is 0 Å². The van der Waals surface area contributed by atoms with Crippen LogP contribution in [0.3, 0.4) is 0 Å². The third-order valence-corrected chi connectivity index (χ3v) is 11.2. The van der Waals surface area contributed by atoms with Crippen LogP contribution in [0.1, 0.15) is 23.6 Å². The molecule has 53 heavy (non-hydrogen) atoms. The van der Waals surface area contributed by atoms with Crippen LogP contribution in [-0.4, -0.2) is 11.5 Å². The predicted molar refractivity (Wildman–Crippen MR) is 228 cm³/mol. The number of benzene rings is 8. The number of hydrogen-bond acceptors (Lipinski definition) is 2. The van der Waals surface area contributed by atoms with Gasteiger partial charge in [0.25, 0.3) is 0 Å². The van der Waals surface area contributed by atoms with E-state index in [1.165, 1.54) is 58.9 Å². The second-order valence-electron chi connectivity index (χ2n) is 13.3. The SMILES string of the molecule is C/C(=N\C(=N/Cc1ccccc1)c1cc2sc3c(-c4ccc(-c5ccc(-c6ccccc6)cc5)cc4)cccc3c2c2ccccc12)c1ccccc1. The van der Waals surface area contributed by atoms with E-state index in [1.807, 2.05) is 23.5 Å². The van der Waals surface area contributed by atoms with Crippen molar-refractivity contribution in [1.82, 2.24) is 0 Å². The molecule has 0 radical (unpaired) electrons. The number of rotatable bonds is 7. The molecular formula is C50H36N2S. The van der Waals surface area contributed by atoms with E-state index in [1.54, 1.807) is 0 Å². The molecule has 0 amide bonds. The predicted octanol–water partition coefficient (Wildman–Crippen LogP) is 13.7. The molecule has 0 atom stereocenters. The Bertz CT molecular complexity index is 2760. The van der Waals surface area contributed by atoms with Gasteiger partial charge >= 0.3 is 0 Å². The van der Waals surface area contributed by atoms with Crippen LogP contribution < -0.4 is 0 Å². The molecule has 3 heteroatoms. The number of fused-ring (bicyclic) bond motifs is 5. The summed E-state index contributed by atoms with van der Waals surface area (Å²) in [6.07, 6.45) is 0. The molecular weight excluding hydrogens is 661 g/mol. The lowest BCUT2D eigenvalue weighted by Gasteiger charge is -2.11. The Hall–Kier alpha value is -6.42. The van der Waals surface area contributed by atoms with E-state index < -0.39 is 0 Å². The van der Waals surface area contributed by atoms with E-state index >= 15 is 0 Å². The second kappa shape index (κ2) is 14.3. The van der Waals surface area contributed by atoms with Crippen LogP contribution in [-0.2, 0) is 6.54 Å². The summed E-state index contributed by atoms with van der Waals surface area (Å²) in [4.78, 5) is 10.4. The molecule has 2 nitrogen and oxygen atoms in total. The highest BCUT2D eigenvalue weighted by Crippen LogP contribution is 2.44. The van der Waals surface area contributed by atoms with Gasteiger partial charge in [-0.25, -0.2) is 4.99 Å². The number of aliphatic imine (C=N–C) groups is 2. The standard InChI is InChI=1S/C50H36N2S/c1-34(36-16-7-3-8-17-36)52-50(51-33-35-14-5-2-6-15-35)46-32-47-48(44-21-12-11-20-43(44)46)45-23-13-22-42(49(45)53-47)41-30-28-40(29-31-41)39-26-24-38(25-27-39)37-18-9-4-10-19-37/h2-32H,33H2,1H3/b51-50-,52-34+. The van der Waals surface area contributed by atoms with Gasteiger partial charge in [0.15, 0.2) is 5.84 Å². The van der Waals surface area contributed by atoms with Gasteiger partial charge in [0.1, 0.15) is 0 Å². The summed E-state index contributed by atoms with van der Waals surface area (Å²) in [5, 5.41) is 4.94. The van der Waals surface area contributed by atoms with Crippen LogP contribution in [0.4, 0.5) is 0 Å². The van der Waals surface area contributed by atoms with Crippen LogP contribution >= 0.6 is 11.3 Å². The molecule has 0 bridgehead atoms. The molecule has 0 N–H and O–H groups in total. The molecule has 1 aromatic heterocycles. The highest BCUT2D eigenvalue weighted by atomic mass is 32.1. The van der Waals surface area contributed by atoms with E-state index in [2.05, 4.69) is 183 Å². The largest absolute Gasteiger partial charge is 0.261 e. The van der Waals surface area contributed by atoms with Crippen molar-refractivity contribution >= 4 is 53.8 Å². The van der Waals surface area contributed by atoms with Gasteiger partial charge in [-0.2, -0.15) is 0 Å². The van der Waals surface area contributed by atoms with Crippen molar-refractivity contribution in [2.24, 2.45) is 9.98 Å². The Morgan fingerprint density at radius 2 is 1.02 bits per heavy atom. The van der Waals surface area contributed by atoms with Gasteiger partial charge in [0.05, 0.1) is 6.54 Å². The van der Waals surface area contributed by atoms with Gasteiger partial charge in [-0.1, -0.05) is 182 Å². The summed E-state index contributed by atoms with van der Waals surface area (Å²) in [5.74, 6) is 0.748. The zero-order valence-corrected chi connectivity index (χ0v) is 30.2. The van der Waals surface area contributed by atoms with Crippen molar-refractivity contribution in [3.05, 3.63) is 205 Å². The minimum atomic E-state index is 0.553. The summed E-state index contributed by atoms with van der Waals surface area (Å²) in [6.45, 7) is 2.63. The van der Waals surface area contributed by atoms with Crippen molar-refractivity contribution in [1.29, 1.82) is 0 Å². The van der Waals surface area contributed by atoms with E-state index in [0.29, 0.717) is 6.54 Å². The monoisotopic (exact) mass is 696 g/mol. The summed E-state index contributed by atoms with van der Waals surface area (Å²) in [6, 6.07) is 67.0. The van der Waals surface area contributed by atoms with Crippen LogP contribution in [0.15, 0.2) is 198 Å². The maximum absolute atomic E-state index is 5.23. The summed E-state index contributed by atoms with van der Waals surface area (Å²) in [7, 11) is 0. The molecule has 0 unspecified atom stereocenters. The van der Waals surface area contributed by atoms with Crippen molar-refractivity contribution in [2.45, 2.75) is 13.5 Å². The summed E-state index contributed by atoms with van der Waals surface area (Å²) >= 11 is 1.86. The smallest absolute Gasteiger partial charge is 0.155 e. The molecule has 1 heterocycles. The first kappa shape index (κ1) is 32.5. The summed E-state index contributed by atoms with van der Waals surface area (Å²) in [5.41, 5.74) is 11.6. The number of thiophene rings is 1. The van der Waals surface area contributed by atoms with E-state index in [9.17, 15) is 0 Å². The first-order chi connectivity index (χ1) is 26.2. The van der Waals surface area contributed by atoms with Gasteiger partial charge < -0.3 is 0 Å². The Kier molecular flexibility index (Phi) is 8.77. The second-order valence-corrected chi connectivity index (χ2v) is 14.4. The third-order valence-electron chi connectivity index (χ3n) is 9.99. The van der Waals surface area contributed by atoms with E-state index in [-0.39, 0.29) is 0 Å². The molecule has 8 aromatic carbocycles. The zero-order valence-electron chi connectivity index (χ0n) is 29.4. The Balaban J connectivity index is 1.14. The molecule has 0 saturated heterocycles. The lowest BCUT2D eigenvalue weighted by Crippen LogP contribution is -2.05. The molecule has 9 rings (SSSR count). The molecule has 0 spiro atoms. The van der Waals surface area contributed by atoms with Crippen LogP contribution in [0.2, 0.25) is 0 Å². The van der Waals surface area contributed by atoms with E-state index in [4.69, 9.17) is 9.98 Å². The molecule has 0 saturated carbocycles. The van der Waals surface area contributed by atoms with Crippen LogP contribution in [0.5, 0.6) is 0 Å². The van der Waals surface area contributed by atoms with Crippen molar-refractivity contribution in [3.8, 4) is 33.4 Å². The van der Waals surface area contributed by atoms with Crippen molar-refractivity contribution in [3.63, 3.8) is 0 Å². The average Bonchev–Trinajstić information content (AvgIpc) is 3.62. The fraction of sp³-hybridized carbons (Fsp3) is 0.0400. The lowest BCUT2D eigenvalue weighted by atomic mass is 9.96. The molecule has 252 valence electrons. The Morgan fingerprint density at radius 3 is 1.68 bits per heavy atom. The number of nitrogens with zero attached hydrogens (tertiary/aromatic N) is 2. The Labute approximate surface area is 314 Å². The van der Waals surface area contributed by atoms with Gasteiger partial charge in [0, 0.05) is 31.4 Å². The molecule has 0 aliphatic rings. The van der Waals surface area contributed by atoms with Gasteiger partial charge in [-0.15, -0.1) is 11.3 Å². The molecule has 0 fully saturated rings. The summed E-state index contributed by atoms with van der Waals surface area (Å²) < 4.78 is 2.52. The minimum Gasteiger partial charge on any atom is -0.261 e. The molecule has 0 aliphatic carbocycles. The van der Waals surface area contributed by atoms with Gasteiger partial charge in [0.2, 0.25) is 0 Å². The quantitative estimate of drug-likeness (QED) is 0.117. The topological polar surface area (TPSA) is 24.7 Å². The average molecular weight is 697 g/mol. The maximum atomic E-state index is 5.23. The van der Waals surface area contributed by atoms with E-state index in [0.717, 1.165) is 33.6 Å². The van der Waals surface area contributed by atoms with Gasteiger partial charge in [-0.05, 0) is 68.3 Å². The fourth-order valence-corrected chi connectivity index (χ4v) is 8.53. The first-order valence-corrected chi connectivity index (χ1v) is 18.8. The Morgan fingerprint density at radius 1 is 0.491 bits per heavy atom. The zero-order chi connectivity index (χ0) is 35.6. The fourth-order valence-electron chi connectivity index (χ4n) is 7.24. The molecule has 9 aromatic rings. The van der Waals surface area contributed by atoms with Crippen molar-refractivity contribution < 1.29 is 0 Å². The third kappa shape index (κ3) is 6.48. The normalized spacial score (nSPS) is 12.2. The van der Waals surface area contributed by atoms with Crippen molar-refractivity contribution in [2.75, 3.05) is 0 Å². The minimum absolute atomic E-state index is 0.553.